The van der Waals surface area contributed by atoms with Crippen LogP contribution in [-0.2, 0) is 9.47 Å². The molecule has 118 valence electrons. The molecule has 0 atom stereocenters. The van der Waals surface area contributed by atoms with Crippen LogP contribution < -0.4 is 0 Å². The normalized spacial score (nSPS) is 17.9. The molecule has 0 aromatic heterocycles. The van der Waals surface area contributed by atoms with Crippen molar-refractivity contribution in [3.63, 3.8) is 0 Å². The van der Waals surface area contributed by atoms with Crippen molar-refractivity contribution in [2.24, 2.45) is 11.8 Å². The van der Waals surface area contributed by atoms with Gasteiger partial charge in [-0.2, -0.15) is 0 Å². The lowest BCUT2D eigenvalue weighted by atomic mass is 9.90. The van der Waals surface area contributed by atoms with Gasteiger partial charge in [-0.1, -0.05) is 24.3 Å². The second-order valence-corrected chi connectivity index (χ2v) is 4.73. The number of hydrogen-bond donors (Lipinski definition) is 0. The SMILES string of the molecule is CCOC(=O)N1C=CC(C2C=CN(C(=O)OCC)C=C2)C=C1. The minimum absolute atomic E-state index is 0.127. The molecule has 2 amide bonds. The molecule has 0 radical (unpaired) electrons. The summed E-state index contributed by atoms with van der Waals surface area (Å²) in [6, 6.07) is 0. The molecule has 0 aromatic carbocycles. The number of ether oxygens (including phenoxy) is 2. The third-order valence-electron chi connectivity index (χ3n) is 3.28. The first-order valence-corrected chi connectivity index (χ1v) is 7.29. The molecule has 2 rings (SSSR count). The maximum absolute atomic E-state index is 11.6. The fraction of sp³-hybridized carbons (Fsp3) is 0.375. The Morgan fingerprint density at radius 3 is 1.36 bits per heavy atom. The highest BCUT2D eigenvalue weighted by Crippen LogP contribution is 2.25. The van der Waals surface area contributed by atoms with E-state index in [2.05, 4.69) is 0 Å². The van der Waals surface area contributed by atoms with Crippen molar-refractivity contribution in [1.82, 2.24) is 9.80 Å². The summed E-state index contributed by atoms with van der Waals surface area (Å²) < 4.78 is 9.85. The van der Waals surface area contributed by atoms with E-state index in [-0.39, 0.29) is 11.8 Å². The van der Waals surface area contributed by atoms with Gasteiger partial charge in [0, 0.05) is 36.6 Å². The van der Waals surface area contributed by atoms with E-state index < -0.39 is 12.2 Å². The van der Waals surface area contributed by atoms with E-state index in [1.54, 1.807) is 38.6 Å². The van der Waals surface area contributed by atoms with Crippen LogP contribution in [0.25, 0.3) is 0 Å². The Balaban J connectivity index is 1.91. The van der Waals surface area contributed by atoms with E-state index in [0.717, 1.165) is 0 Å². The van der Waals surface area contributed by atoms with Crippen molar-refractivity contribution in [1.29, 1.82) is 0 Å². The fourth-order valence-electron chi connectivity index (χ4n) is 2.15. The van der Waals surface area contributed by atoms with Crippen LogP contribution in [0.1, 0.15) is 13.8 Å². The minimum atomic E-state index is -0.392. The van der Waals surface area contributed by atoms with Crippen LogP contribution in [0.3, 0.4) is 0 Å². The Labute approximate surface area is 130 Å². The molecule has 6 nitrogen and oxygen atoms in total. The smallest absolute Gasteiger partial charge is 0.417 e. The second-order valence-electron chi connectivity index (χ2n) is 4.73. The molecule has 2 aliphatic heterocycles. The molecule has 0 bridgehead atoms. The number of nitrogens with zero attached hydrogens (tertiary/aromatic N) is 2. The van der Waals surface area contributed by atoms with E-state index in [0.29, 0.717) is 13.2 Å². The zero-order valence-corrected chi connectivity index (χ0v) is 12.7. The third kappa shape index (κ3) is 3.78. The highest BCUT2D eigenvalue weighted by atomic mass is 16.6. The molecule has 0 aromatic rings. The number of carbonyl (C=O) groups excluding carboxylic acids is 2. The lowest BCUT2D eigenvalue weighted by molar-refractivity contribution is 0.131. The van der Waals surface area contributed by atoms with Crippen LogP contribution in [0.2, 0.25) is 0 Å². The summed E-state index contributed by atoms with van der Waals surface area (Å²) in [6.07, 6.45) is 13.7. The van der Waals surface area contributed by atoms with E-state index in [1.165, 1.54) is 9.80 Å². The Morgan fingerprint density at radius 1 is 0.773 bits per heavy atom. The molecular formula is C16H20N2O4. The maximum Gasteiger partial charge on any atom is 0.417 e. The van der Waals surface area contributed by atoms with Crippen LogP contribution in [0.4, 0.5) is 9.59 Å². The monoisotopic (exact) mass is 304 g/mol. The summed E-state index contributed by atoms with van der Waals surface area (Å²) in [4.78, 5) is 26.0. The molecule has 2 heterocycles. The average molecular weight is 304 g/mol. The Hall–Kier alpha value is -2.50. The molecule has 0 saturated heterocycles. The average Bonchev–Trinajstić information content (AvgIpc) is 2.55. The Morgan fingerprint density at radius 2 is 1.09 bits per heavy atom. The molecule has 22 heavy (non-hydrogen) atoms. The lowest BCUT2D eigenvalue weighted by Gasteiger charge is -2.25. The maximum atomic E-state index is 11.6. The van der Waals surface area contributed by atoms with Crippen molar-refractivity contribution in [3.8, 4) is 0 Å². The number of hydrogen-bond acceptors (Lipinski definition) is 4. The molecular weight excluding hydrogens is 284 g/mol. The zero-order chi connectivity index (χ0) is 15.9. The largest absolute Gasteiger partial charge is 0.449 e. The van der Waals surface area contributed by atoms with Gasteiger partial charge in [0.1, 0.15) is 0 Å². The van der Waals surface area contributed by atoms with Crippen molar-refractivity contribution in [2.75, 3.05) is 13.2 Å². The Bertz CT molecular complexity index is 460. The van der Waals surface area contributed by atoms with Gasteiger partial charge in [0.25, 0.3) is 0 Å². The highest BCUT2D eigenvalue weighted by Gasteiger charge is 2.21. The summed E-state index contributed by atoms with van der Waals surface area (Å²) in [5.41, 5.74) is 0. The van der Waals surface area contributed by atoms with Crippen molar-refractivity contribution < 1.29 is 19.1 Å². The zero-order valence-electron chi connectivity index (χ0n) is 12.7. The molecule has 0 unspecified atom stereocenters. The van der Waals surface area contributed by atoms with Crippen LogP contribution in [0.15, 0.2) is 49.1 Å². The van der Waals surface area contributed by atoms with Gasteiger partial charge in [-0.05, 0) is 13.8 Å². The molecule has 0 saturated carbocycles. The summed E-state index contributed by atoms with van der Waals surface area (Å²) >= 11 is 0. The molecule has 2 aliphatic rings. The standard InChI is InChI=1S/C16H20N2O4/c1-3-21-15(19)17-9-5-13(6-10-17)14-7-11-18(12-8-14)16(20)22-4-2/h5-14H,3-4H2,1-2H3. The van der Waals surface area contributed by atoms with E-state index >= 15 is 0 Å². The van der Waals surface area contributed by atoms with Crippen molar-refractivity contribution in [2.45, 2.75) is 13.8 Å². The van der Waals surface area contributed by atoms with Gasteiger partial charge in [0.05, 0.1) is 13.2 Å². The second kappa shape index (κ2) is 7.49. The van der Waals surface area contributed by atoms with Gasteiger partial charge in [-0.3, -0.25) is 9.80 Å². The fourth-order valence-corrected chi connectivity index (χ4v) is 2.15. The van der Waals surface area contributed by atoms with E-state index in [1.807, 2.05) is 24.3 Å². The van der Waals surface area contributed by atoms with Crippen molar-refractivity contribution >= 4 is 12.2 Å². The summed E-state index contributed by atoms with van der Waals surface area (Å²) in [5.74, 6) is 0.255. The number of amides is 2. The third-order valence-corrected chi connectivity index (χ3v) is 3.28. The molecule has 0 aliphatic carbocycles. The summed E-state index contributed by atoms with van der Waals surface area (Å²) in [6.45, 7) is 4.23. The molecule has 0 N–H and O–H groups in total. The van der Waals surface area contributed by atoms with Gasteiger partial charge >= 0.3 is 12.2 Å². The predicted octanol–water partition coefficient (Wildman–Crippen LogP) is 3.22. The van der Waals surface area contributed by atoms with E-state index in [4.69, 9.17) is 9.47 Å². The van der Waals surface area contributed by atoms with Gasteiger partial charge in [-0.25, -0.2) is 9.59 Å². The summed E-state index contributed by atoms with van der Waals surface area (Å²) in [7, 11) is 0. The Kier molecular flexibility index (Phi) is 5.41. The predicted molar refractivity (Wildman–Crippen MR) is 81.3 cm³/mol. The van der Waals surface area contributed by atoms with Gasteiger partial charge < -0.3 is 9.47 Å². The molecule has 6 heteroatoms. The first-order chi connectivity index (χ1) is 10.7. The van der Waals surface area contributed by atoms with Crippen LogP contribution in [0, 0.1) is 11.8 Å². The number of carbonyl (C=O) groups is 2. The number of rotatable bonds is 3. The van der Waals surface area contributed by atoms with Crippen LogP contribution in [-0.4, -0.2) is 35.2 Å². The molecule has 0 spiro atoms. The lowest BCUT2D eigenvalue weighted by Crippen LogP contribution is -2.26. The van der Waals surface area contributed by atoms with Gasteiger partial charge in [0.2, 0.25) is 0 Å². The van der Waals surface area contributed by atoms with Crippen LogP contribution >= 0.6 is 0 Å². The first kappa shape index (κ1) is 15.9. The van der Waals surface area contributed by atoms with Crippen LogP contribution in [0.5, 0.6) is 0 Å². The highest BCUT2D eigenvalue weighted by molar-refractivity contribution is 5.71. The first-order valence-electron chi connectivity index (χ1n) is 7.29. The molecule has 0 fully saturated rings. The van der Waals surface area contributed by atoms with E-state index in [9.17, 15) is 9.59 Å². The minimum Gasteiger partial charge on any atom is -0.449 e. The topological polar surface area (TPSA) is 59.1 Å². The van der Waals surface area contributed by atoms with Gasteiger partial charge in [0.15, 0.2) is 0 Å². The van der Waals surface area contributed by atoms with Crippen molar-refractivity contribution in [3.05, 3.63) is 49.1 Å². The summed E-state index contributed by atoms with van der Waals surface area (Å²) in [5, 5.41) is 0. The number of allylic oxidation sites excluding steroid dienone is 4. The quantitative estimate of drug-likeness (QED) is 0.803. The van der Waals surface area contributed by atoms with Gasteiger partial charge in [-0.15, -0.1) is 0 Å².